The van der Waals surface area contributed by atoms with Crippen molar-refractivity contribution in [1.82, 2.24) is 10.2 Å². The smallest absolute Gasteiger partial charge is 0.233 e. The molecule has 0 spiro atoms. The summed E-state index contributed by atoms with van der Waals surface area (Å²) in [5, 5.41) is 3.14. The van der Waals surface area contributed by atoms with Gasteiger partial charge in [0, 0.05) is 19.1 Å². The number of hydrogen-bond acceptors (Lipinski definition) is 3. The highest BCUT2D eigenvalue weighted by Gasteiger charge is 2.26. The van der Waals surface area contributed by atoms with E-state index in [4.69, 9.17) is 12.2 Å². The number of thioether (sulfide) groups is 1. The second-order valence-electron chi connectivity index (χ2n) is 6.10. The van der Waals surface area contributed by atoms with Crippen LogP contribution in [0.4, 0.5) is 0 Å². The molecule has 3 atom stereocenters. The minimum atomic E-state index is -0.0859. The molecule has 1 heterocycles. The Morgan fingerprint density at radius 2 is 1.90 bits per heavy atom. The van der Waals surface area contributed by atoms with Crippen LogP contribution in [0.3, 0.4) is 0 Å². The maximum atomic E-state index is 12.3. The van der Waals surface area contributed by atoms with Gasteiger partial charge in [0.05, 0.1) is 5.25 Å². The minimum absolute atomic E-state index is 0.0859. The molecule has 1 N–H and O–H groups in total. The summed E-state index contributed by atoms with van der Waals surface area (Å²) in [6, 6.07) is 0.361. The third-order valence-corrected chi connectivity index (χ3v) is 6.02. The summed E-state index contributed by atoms with van der Waals surface area (Å²) in [6.45, 7) is 6.33. The van der Waals surface area contributed by atoms with Gasteiger partial charge in [-0.25, -0.2) is 0 Å². The third-order valence-electron chi connectivity index (χ3n) is 4.45. The number of nitrogens with zero attached hydrogens (tertiary/aromatic N) is 1. The number of hydrogen-bond donors (Lipinski definition) is 1. The van der Waals surface area contributed by atoms with Crippen LogP contribution in [0.2, 0.25) is 0 Å². The lowest BCUT2D eigenvalue weighted by atomic mass is 9.86. The van der Waals surface area contributed by atoms with Crippen molar-refractivity contribution in [2.75, 3.05) is 13.1 Å². The van der Waals surface area contributed by atoms with E-state index in [0.717, 1.165) is 23.8 Å². The second-order valence-corrected chi connectivity index (χ2v) is 8.07. The molecular weight excluding hydrogens is 288 g/mol. The first-order valence-corrected chi connectivity index (χ1v) is 9.12. The maximum Gasteiger partial charge on any atom is 0.233 e. The first-order chi connectivity index (χ1) is 9.58. The number of carbonyl (C=O) groups excluding carboxylic acids is 1. The fraction of sp³-hybridized carbons (Fsp3) is 0.867. The Morgan fingerprint density at radius 1 is 1.25 bits per heavy atom. The summed E-state index contributed by atoms with van der Waals surface area (Å²) in [4.78, 5) is 14.5. The van der Waals surface area contributed by atoms with E-state index in [2.05, 4.69) is 17.1 Å². The molecule has 20 heavy (non-hydrogen) atoms. The van der Waals surface area contributed by atoms with Crippen molar-refractivity contribution in [2.45, 2.75) is 63.7 Å². The maximum absolute atomic E-state index is 12.3. The molecule has 2 rings (SSSR count). The number of amides is 1. The predicted molar refractivity (Wildman–Crippen MR) is 90.0 cm³/mol. The van der Waals surface area contributed by atoms with Gasteiger partial charge in [0.15, 0.2) is 0 Å². The monoisotopic (exact) mass is 314 g/mol. The fourth-order valence-corrected chi connectivity index (χ4v) is 4.43. The summed E-state index contributed by atoms with van der Waals surface area (Å²) < 4.78 is 0.891. The van der Waals surface area contributed by atoms with Gasteiger partial charge in [-0.15, -0.1) is 0 Å². The summed E-state index contributed by atoms with van der Waals surface area (Å²) in [5.41, 5.74) is 0. The Hall–Kier alpha value is -0.290. The average molecular weight is 315 g/mol. The van der Waals surface area contributed by atoms with Gasteiger partial charge >= 0.3 is 0 Å². The van der Waals surface area contributed by atoms with E-state index in [0.29, 0.717) is 12.0 Å². The number of rotatable bonds is 3. The fourth-order valence-electron chi connectivity index (χ4n) is 3.01. The van der Waals surface area contributed by atoms with Crippen LogP contribution in [-0.4, -0.2) is 39.5 Å². The van der Waals surface area contributed by atoms with Gasteiger partial charge in [0.1, 0.15) is 4.32 Å². The van der Waals surface area contributed by atoms with Gasteiger partial charge in [-0.3, -0.25) is 4.79 Å². The van der Waals surface area contributed by atoms with Crippen molar-refractivity contribution in [2.24, 2.45) is 5.92 Å². The molecule has 114 valence electrons. The third kappa shape index (κ3) is 4.35. The highest BCUT2D eigenvalue weighted by atomic mass is 32.2. The van der Waals surface area contributed by atoms with Crippen LogP contribution in [0.15, 0.2) is 0 Å². The van der Waals surface area contributed by atoms with Crippen LogP contribution in [0.25, 0.3) is 0 Å². The van der Waals surface area contributed by atoms with Crippen LogP contribution in [-0.2, 0) is 4.79 Å². The molecule has 5 heteroatoms. The zero-order valence-electron chi connectivity index (χ0n) is 12.6. The van der Waals surface area contributed by atoms with E-state index in [1.165, 1.54) is 32.1 Å². The van der Waals surface area contributed by atoms with E-state index >= 15 is 0 Å². The van der Waals surface area contributed by atoms with E-state index in [1.807, 2.05) is 6.92 Å². The van der Waals surface area contributed by atoms with Crippen molar-refractivity contribution in [3.63, 3.8) is 0 Å². The van der Waals surface area contributed by atoms with Crippen molar-refractivity contribution < 1.29 is 4.79 Å². The van der Waals surface area contributed by atoms with Gasteiger partial charge < -0.3 is 10.2 Å². The molecule has 1 saturated heterocycles. The Bertz CT molecular complexity index is 356. The highest BCUT2D eigenvalue weighted by molar-refractivity contribution is 8.23. The van der Waals surface area contributed by atoms with E-state index in [9.17, 15) is 4.79 Å². The Morgan fingerprint density at radius 3 is 2.55 bits per heavy atom. The summed E-state index contributed by atoms with van der Waals surface area (Å²) >= 11 is 6.99. The number of nitrogens with one attached hydrogen (secondary N) is 1. The lowest BCUT2D eigenvalue weighted by Crippen LogP contribution is -2.44. The van der Waals surface area contributed by atoms with Gasteiger partial charge in [-0.2, -0.15) is 0 Å². The van der Waals surface area contributed by atoms with Gasteiger partial charge in [0.25, 0.3) is 0 Å². The first-order valence-electron chi connectivity index (χ1n) is 7.84. The largest absolute Gasteiger partial charge is 0.358 e. The van der Waals surface area contributed by atoms with Crippen LogP contribution in [0.1, 0.15) is 52.4 Å². The van der Waals surface area contributed by atoms with Gasteiger partial charge in [-0.05, 0) is 38.5 Å². The van der Waals surface area contributed by atoms with Crippen molar-refractivity contribution in [3.05, 3.63) is 0 Å². The Labute approximate surface area is 132 Å². The zero-order valence-corrected chi connectivity index (χ0v) is 14.2. The first kappa shape index (κ1) is 16.1. The molecule has 2 aliphatic rings. The zero-order chi connectivity index (χ0) is 14.5. The Balaban J connectivity index is 1.77. The lowest BCUT2D eigenvalue weighted by Gasteiger charge is -2.30. The molecule has 0 unspecified atom stereocenters. The van der Waals surface area contributed by atoms with E-state index in [1.54, 1.807) is 11.8 Å². The second kappa shape index (κ2) is 7.64. The Kier molecular flexibility index (Phi) is 6.15. The molecule has 0 radical (unpaired) electrons. The summed E-state index contributed by atoms with van der Waals surface area (Å²) in [5.74, 6) is 0.755. The van der Waals surface area contributed by atoms with Crippen LogP contribution < -0.4 is 5.32 Å². The minimum Gasteiger partial charge on any atom is -0.358 e. The molecule has 1 aliphatic carbocycles. The van der Waals surface area contributed by atoms with Crippen molar-refractivity contribution in [3.8, 4) is 0 Å². The van der Waals surface area contributed by atoms with Crippen LogP contribution in [0.5, 0.6) is 0 Å². The topological polar surface area (TPSA) is 32.3 Å². The van der Waals surface area contributed by atoms with E-state index in [-0.39, 0.29) is 11.2 Å². The molecule has 0 bridgehead atoms. The molecular formula is C15H26N2OS2. The number of thiocarbonyl (C=S) groups is 1. The van der Waals surface area contributed by atoms with Crippen LogP contribution >= 0.6 is 24.0 Å². The number of carbonyl (C=O) groups is 1. The molecule has 0 aromatic carbocycles. The number of likely N-dealkylation sites (tertiary alicyclic amines) is 1. The highest BCUT2D eigenvalue weighted by Crippen LogP contribution is 2.25. The molecule has 3 nitrogen and oxygen atoms in total. The lowest BCUT2D eigenvalue weighted by molar-refractivity contribution is -0.121. The summed E-state index contributed by atoms with van der Waals surface area (Å²) in [7, 11) is 0. The van der Waals surface area contributed by atoms with Crippen molar-refractivity contribution >= 4 is 34.2 Å². The molecule has 2 fully saturated rings. The van der Waals surface area contributed by atoms with Crippen LogP contribution in [0, 0.1) is 5.92 Å². The standard InChI is InChI=1S/C15H26N2OS2/c1-11-7-3-4-8-13(11)16-14(18)12(2)20-15(19)17-9-5-6-10-17/h11-13H,3-10H2,1-2H3,(H,16,18)/t11-,12-,13+/m0/s1. The molecule has 1 amide bonds. The van der Waals surface area contributed by atoms with E-state index < -0.39 is 0 Å². The van der Waals surface area contributed by atoms with Gasteiger partial charge in [-0.1, -0.05) is 43.7 Å². The molecule has 0 aromatic rings. The SMILES string of the molecule is C[C@H](SC(=S)N1CCCC1)C(=O)N[C@@H]1CCCC[C@@H]1C. The molecule has 1 saturated carbocycles. The van der Waals surface area contributed by atoms with Gasteiger partial charge in [0.2, 0.25) is 5.91 Å². The van der Waals surface area contributed by atoms with Crippen molar-refractivity contribution in [1.29, 1.82) is 0 Å². The summed E-state index contributed by atoms with van der Waals surface area (Å²) in [6.07, 6.45) is 7.35. The molecule has 1 aliphatic heterocycles. The quantitative estimate of drug-likeness (QED) is 0.811. The normalized spacial score (nSPS) is 28.2. The molecule has 0 aromatic heterocycles. The predicted octanol–water partition coefficient (Wildman–Crippen LogP) is 3.18. The average Bonchev–Trinajstić information content (AvgIpc) is 2.95.